The number of ether oxygens (including phenoxy) is 2. The van der Waals surface area contributed by atoms with Crippen molar-refractivity contribution in [2.45, 2.75) is 6.92 Å². The molecule has 0 amide bonds. The Morgan fingerprint density at radius 3 is 2.68 bits per heavy atom. The number of rotatable bonds is 3. The van der Waals surface area contributed by atoms with Crippen LogP contribution >= 0.6 is 0 Å². The van der Waals surface area contributed by atoms with Crippen LogP contribution in [-0.2, 0) is 0 Å². The van der Waals surface area contributed by atoms with Gasteiger partial charge >= 0.3 is 0 Å². The first-order chi connectivity index (χ1) is 12.1. The highest BCUT2D eigenvalue weighted by Crippen LogP contribution is 2.35. The van der Waals surface area contributed by atoms with Crippen LogP contribution in [0.15, 0.2) is 47.4 Å². The number of methoxy groups -OCH3 is 2. The fraction of sp³-hybridized carbons (Fsp3) is 0.158. The summed E-state index contributed by atoms with van der Waals surface area (Å²) in [6.45, 7) is 1.98. The summed E-state index contributed by atoms with van der Waals surface area (Å²) in [5, 5.41) is 5.90. The van der Waals surface area contributed by atoms with Gasteiger partial charge in [-0.15, -0.1) is 0 Å². The fourth-order valence-electron chi connectivity index (χ4n) is 3.09. The van der Waals surface area contributed by atoms with Crippen molar-refractivity contribution in [2.75, 3.05) is 14.2 Å². The zero-order valence-corrected chi connectivity index (χ0v) is 14.2. The molecule has 126 valence electrons. The van der Waals surface area contributed by atoms with E-state index in [4.69, 9.17) is 9.47 Å². The SMILES string of the molecule is COc1cc(OC)c2c(c1)[nH]c1c(=O)n(-c3cccc(C)c3)ncc12. The second kappa shape index (κ2) is 5.66. The average Bonchev–Trinajstić information content (AvgIpc) is 3.00. The molecule has 0 saturated heterocycles. The van der Waals surface area contributed by atoms with Crippen molar-refractivity contribution in [2.24, 2.45) is 0 Å². The predicted octanol–water partition coefficient (Wildman–Crippen LogP) is 3.19. The zero-order valence-electron chi connectivity index (χ0n) is 14.2. The minimum absolute atomic E-state index is 0.208. The lowest BCUT2D eigenvalue weighted by Gasteiger charge is -2.06. The van der Waals surface area contributed by atoms with E-state index in [1.54, 1.807) is 26.5 Å². The third-order valence-electron chi connectivity index (χ3n) is 4.28. The van der Waals surface area contributed by atoms with Gasteiger partial charge in [-0.1, -0.05) is 12.1 Å². The maximum Gasteiger partial charge on any atom is 0.295 e. The van der Waals surface area contributed by atoms with Gasteiger partial charge in [0.1, 0.15) is 17.0 Å². The van der Waals surface area contributed by atoms with Crippen LogP contribution in [-0.4, -0.2) is 29.0 Å². The molecule has 25 heavy (non-hydrogen) atoms. The molecule has 0 fully saturated rings. The van der Waals surface area contributed by atoms with Crippen LogP contribution in [0.3, 0.4) is 0 Å². The van der Waals surface area contributed by atoms with Crippen molar-refractivity contribution in [3.63, 3.8) is 0 Å². The summed E-state index contributed by atoms with van der Waals surface area (Å²) in [6.07, 6.45) is 1.69. The van der Waals surface area contributed by atoms with Gasteiger partial charge in [0.25, 0.3) is 5.56 Å². The molecule has 2 heterocycles. The summed E-state index contributed by atoms with van der Waals surface area (Å²) >= 11 is 0. The first kappa shape index (κ1) is 15.3. The Morgan fingerprint density at radius 2 is 1.96 bits per heavy atom. The zero-order chi connectivity index (χ0) is 17.6. The summed E-state index contributed by atoms with van der Waals surface area (Å²) in [7, 11) is 3.18. The molecule has 2 aromatic carbocycles. The van der Waals surface area contributed by atoms with Gasteiger partial charge in [-0.2, -0.15) is 9.78 Å². The Bertz CT molecular complexity index is 1160. The maximum absolute atomic E-state index is 13.0. The number of benzene rings is 2. The molecular weight excluding hydrogens is 318 g/mol. The Balaban J connectivity index is 2.05. The van der Waals surface area contributed by atoms with Crippen LogP contribution in [0.5, 0.6) is 11.5 Å². The average molecular weight is 335 g/mol. The Hall–Kier alpha value is -3.28. The van der Waals surface area contributed by atoms with Crippen molar-refractivity contribution in [3.05, 3.63) is 58.5 Å². The van der Waals surface area contributed by atoms with Gasteiger partial charge in [0.2, 0.25) is 0 Å². The smallest absolute Gasteiger partial charge is 0.295 e. The molecule has 0 bridgehead atoms. The van der Waals surface area contributed by atoms with E-state index in [1.165, 1.54) is 4.68 Å². The number of nitrogens with zero attached hydrogens (tertiary/aromatic N) is 2. The van der Waals surface area contributed by atoms with Crippen LogP contribution in [0, 0.1) is 6.92 Å². The third kappa shape index (κ3) is 2.34. The second-order valence-electron chi connectivity index (χ2n) is 5.87. The van der Waals surface area contributed by atoms with Gasteiger partial charge in [-0.3, -0.25) is 4.79 Å². The number of hydrogen-bond acceptors (Lipinski definition) is 4. The number of H-pyrrole nitrogens is 1. The van der Waals surface area contributed by atoms with Crippen LogP contribution in [0.2, 0.25) is 0 Å². The summed E-state index contributed by atoms with van der Waals surface area (Å²) in [6, 6.07) is 11.3. The van der Waals surface area contributed by atoms with Crippen LogP contribution in [0.4, 0.5) is 0 Å². The lowest BCUT2D eigenvalue weighted by Crippen LogP contribution is -2.20. The predicted molar refractivity (Wildman–Crippen MR) is 97.0 cm³/mol. The summed E-state index contributed by atoms with van der Waals surface area (Å²) < 4.78 is 12.2. The van der Waals surface area contributed by atoms with E-state index < -0.39 is 0 Å². The first-order valence-corrected chi connectivity index (χ1v) is 7.85. The molecule has 6 heteroatoms. The van der Waals surface area contributed by atoms with Gasteiger partial charge in [-0.05, 0) is 24.6 Å². The number of hydrogen-bond donors (Lipinski definition) is 1. The van der Waals surface area contributed by atoms with E-state index in [0.29, 0.717) is 17.0 Å². The largest absolute Gasteiger partial charge is 0.497 e. The monoisotopic (exact) mass is 335 g/mol. The van der Waals surface area contributed by atoms with E-state index in [-0.39, 0.29) is 5.56 Å². The van der Waals surface area contributed by atoms with E-state index in [0.717, 1.165) is 27.5 Å². The normalized spacial score (nSPS) is 11.2. The van der Waals surface area contributed by atoms with E-state index in [9.17, 15) is 4.79 Å². The topological polar surface area (TPSA) is 69.1 Å². The fourth-order valence-corrected chi connectivity index (χ4v) is 3.09. The molecule has 0 atom stereocenters. The third-order valence-corrected chi connectivity index (χ3v) is 4.28. The van der Waals surface area contributed by atoms with Crippen molar-refractivity contribution in [3.8, 4) is 17.2 Å². The van der Waals surface area contributed by atoms with Crippen molar-refractivity contribution < 1.29 is 9.47 Å². The molecule has 0 aliphatic carbocycles. The van der Waals surface area contributed by atoms with Gasteiger partial charge in [0.05, 0.1) is 37.0 Å². The standard InChI is InChI=1S/C19H17N3O3/c1-11-5-4-6-12(7-11)22-19(23)18-14(10-20-22)17-15(21-18)8-13(24-2)9-16(17)25-3/h4-10,21H,1-3H3. The number of aromatic nitrogens is 3. The molecule has 0 saturated carbocycles. The van der Waals surface area contributed by atoms with Crippen LogP contribution in [0.25, 0.3) is 27.5 Å². The molecule has 0 radical (unpaired) electrons. The van der Waals surface area contributed by atoms with Crippen molar-refractivity contribution >= 4 is 21.8 Å². The van der Waals surface area contributed by atoms with Crippen molar-refractivity contribution in [1.29, 1.82) is 0 Å². The van der Waals surface area contributed by atoms with Gasteiger partial charge in [-0.25, -0.2) is 0 Å². The molecule has 4 rings (SSSR count). The highest BCUT2D eigenvalue weighted by molar-refractivity contribution is 6.10. The summed E-state index contributed by atoms with van der Waals surface area (Å²) in [5.74, 6) is 1.29. The molecule has 1 N–H and O–H groups in total. The quantitative estimate of drug-likeness (QED) is 0.624. The minimum Gasteiger partial charge on any atom is -0.497 e. The number of nitrogens with one attached hydrogen (secondary N) is 1. The van der Waals surface area contributed by atoms with Crippen molar-refractivity contribution in [1.82, 2.24) is 14.8 Å². The lowest BCUT2D eigenvalue weighted by molar-refractivity contribution is 0.398. The molecule has 0 unspecified atom stereocenters. The van der Waals surface area contributed by atoms with E-state index in [2.05, 4.69) is 10.1 Å². The molecule has 0 aliphatic heterocycles. The Morgan fingerprint density at radius 1 is 1.12 bits per heavy atom. The Labute approximate surface area is 143 Å². The van der Waals surface area contributed by atoms with Gasteiger partial charge < -0.3 is 14.5 Å². The maximum atomic E-state index is 13.0. The summed E-state index contributed by atoms with van der Waals surface area (Å²) in [5.41, 5.74) is 2.84. The number of aromatic amines is 1. The molecule has 4 aromatic rings. The first-order valence-electron chi connectivity index (χ1n) is 7.85. The van der Waals surface area contributed by atoms with Crippen LogP contribution in [0.1, 0.15) is 5.56 Å². The van der Waals surface area contributed by atoms with Gasteiger partial charge in [0, 0.05) is 17.5 Å². The minimum atomic E-state index is -0.208. The Kier molecular flexibility index (Phi) is 3.46. The van der Waals surface area contributed by atoms with Gasteiger partial charge in [0.15, 0.2) is 0 Å². The summed E-state index contributed by atoms with van der Waals surface area (Å²) in [4.78, 5) is 16.1. The molecule has 2 aromatic heterocycles. The lowest BCUT2D eigenvalue weighted by atomic mass is 10.1. The van der Waals surface area contributed by atoms with E-state index in [1.807, 2.05) is 37.3 Å². The van der Waals surface area contributed by atoms with Crippen LogP contribution < -0.4 is 15.0 Å². The highest BCUT2D eigenvalue weighted by atomic mass is 16.5. The molecular formula is C19H17N3O3. The number of aryl methyl sites for hydroxylation is 1. The molecule has 0 aliphatic rings. The molecule has 0 spiro atoms. The van der Waals surface area contributed by atoms with E-state index >= 15 is 0 Å². The second-order valence-corrected chi connectivity index (χ2v) is 5.87. The molecule has 6 nitrogen and oxygen atoms in total. The number of fused-ring (bicyclic) bond motifs is 3. The highest BCUT2D eigenvalue weighted by Gasteiger charge is 2.16.